The van der Waals surface area contributed by atoms with Crippen molar-refractivity contribution < 1.29 is 4.73 Å². The second-order valence-corrected chi connectivity index (χ2v) is 3.94. The van der Waals surface area contributed by atoms with Gasteiger partial charge in [0.2, 0.25) is 5.52 Å². The molecule has 0 unspecified atom stereocenters. The molecule has 2 heteroatoms. The summed E-state index contributed by atoms with van der Waals surface area (Å²) < 4.78 is 1.01. The SMILES string of the molecule is Cc1c2ccccc2c2ccccc2[n+]1[O-]. The van der Waals surface area contributed by atoms with Crippen LogP contribution in [0.2, 0.25) is 0 Å². The van der Waals surface area contributed by atoms with Gasteiger partial charge in [0, 0.05) is 18.4 Å². The average Bonchev–Trinajstić information content (AvgIpc) is 2.36. The second kappa shape index (κ2) is 3.20. The highest BCUT2D eigenvalue weighted by Crippen LogP contribution is 2.24. The first kappa shape index (κ1) is 9.16. The minimum Gasteiger partial charge on any atom is -0.618 e. The van der Waals surface area contributed by atoms with E-state index in [4.69, 9.17) is 0 Å². The van der Waals surface area contributed by atoms with Gasteiger partial charge in [-0.1, -0.05) is 30.3 Å². The Labute approximate surface area is 93.3 Å². The molecule has 0 aliphatic carbocycles. The van der Waals surface area contributed by atoms with E-state index in [0.29, 0.717) is 0 Å². The van der Waals surface area contributed by atoms with E-state index in [1.165, 1.54) is 0 Å². The van der Waals surface area contributed by atoms with Gasteiger partial charge in [-0.25, -0.2) is 0 Å². The Hall–Kier alpha value is -2.09. The van der Waals surface area contributed by atoms with Crippen molar-refractivity contribution in [2.45, 2.75) is 6.92 Å². The van der Waals surface area contributed by atoms with Crippen LogP contribution in [-0.4, -0.2) is 0 Å². The van der Waals surface area contributed by atoms with Crippen molar-refractivity contribution in [2.24, 2.45) is 0 Å². The number of rotatable bonds is 0. The number of pyridine rings is 1. The smallest absolute Gasteiger partial charge is 0.224 e. The number of para-hydroxylation sites is 1. The van der Waals surface area contributed by atoms with Crippen molar-refractivity contribution >= 4 is 21.7 Å². The van der Waals surface area contributed by atoms with E-state index >= 15 is 0 Å². The fourth-order valence-corrected chi connectivity index (χ4v) is 2.20. The van der Waals surface area contributed by atoms with E-state index in [1.807, 2.05) is 49.4 Å². The number of fused-ring (bicyclic) bond motifs is 3. The van der Waals surface area contributed by atoms with Crippen molar-refractivity contribution in [3.8, 4) is 0 Å². The summed E-state index contributed by atoms with van der Waals surface area (Å²) in [6.45, 7) is 1.86. The maximum Gasteiger partial charge on any atom is 0.224 e. The maximum absolute atomic E-state index is 12.1. The summed E-state index contributed by atoms with van der Waals surface area (Å²) in [5.41, 5.74) is 1.49. The molecule has 16 heavy (non-hydrogen) atoms. The van der Waals surface area contributed by atoms with Crippen LogP contribution < -0.4 is 4.73 Å². The lowest BCUT2D eigenvalue weighted by molar-refractivity contribution is -0.582. The maximum atomic E-state index is 12.1. The Morgan fingerprint density at radius 1 is 0.812 bits per heavy atom. The highest BCUT2D eigenvalue weighted by molar-refractivity contribution is 6.04. The van der Waals surface area contributed by atoms with E-state index in [2.05, 4.69) is 6.07 Å². The van der Waals surface area contributed by atoms with E-state index in [1.54, 1.807) is 0 Å². The predicted octanol–water partition coefficient (Wildman–Crippen LogP) is 2.93. The van der Waals surface area contributed by atoms with Gasteiger partial charge in [-0.3, -0.25) is 0 Å². The Bertz CT molecular complexity index is 628. The van der Waals surface area contributed by atoms with Crippen molar-refractivity contribution in [3.05, 3.63) is 59.4 Å². The van der Waals surface area contributed by atoms with E-state index in [0.717, 1.165) is 32.1 Å². The van der Waals surface area contributed by atoms with Crippen LogP contribution in [0.1, 0.15) is 5.69 Å². The van der Waals surface area contributed by atoms with E-state index < -0.39 is 0 Å². The summed E-state index contributed by atoms with van der Waals surface area (Å²) in [6.07, 6.45) is 0. The Morgan fingerprint density at radius 2 is 1.38 bits per heavy atom. The third-order valence-electron chi connectivity index (χ3n) is 3.03. The Kier molecular flexibility index (Phi) is 1.83. The van der Waals surface area contributed by atoms with Crippen LogP contribution in [0.4, 0.5) is 0 Å². The molecule has 0 N–H and O–H groups in total. The third kappa shape index (κ3) is 1.10. The van der Waals surface area contributed by atoms with Gasteiger partial charge >= 0.3 is 0 Å². The largest absolute Gasteiger partial charge is 0.618 e. The first-order valence-electron chi connectivity index (χ1n) is 5.28. The predicted molar refractivity (Wildman–Crippen MR) is 65.2 cm³/mol. The fourth-order valence-electron chi connectivity index (χ4n) is 2.20. The number of nitrogens with zero attached hydrogens (tertiary/aromatic N) is 1. The lowest BCUT2D eigenvalue weighted by atomic mass is 10.0. The molecule has 0 atom stereocenters. The molecule has 2 aromatic carbocycles. The molecule has 0 spiro atoms. The zero-order valence-electron chi connectivity index (χ0n) is 8.97. The highest BCUT2D eigenvalue weighted by atomic mass is 16.5. The molecule has 0 saturated carbocycles. The van der Waals surface area contributed by atoms with Crippen LogP contribution in [0.5, 0.6) is 0 Å². The van der Waals surface area contributed by atoms with Gasteiger partial charge in [0.15, 0.2) is 5.69 Å². The van der Waals surface area contributed by atoms with Crippen molar-refractivity contribution in [2.75, 3.05) is 0 Å². The summed E-state index contributed by atoms with van der Waals surface area (Å²) in [5.74, 6) is 0. The molecule has 2 nitrogen and oxygen atoms in total. The molecule has 3 aromatic rings. The number of hydrogen-bond acceptors (Lipinski definition) is 1. The molecule has 0 saturated heterocycles. The Morgan fingerprint density at radius 3 is 2.12 bits per heavy atom. The highest BCUT2D eigenvalue weighted by Gasteiger charge is 2.12. The van der Waals surface area contributed by atoms with Gasteiger partial charge in [0.1, 0.15) is 0 Å². The van der Waals surface area contributed by atoms with Crippen LogP contribution in [0.3, 0.4) is 0 Å². The van der Waals surface area contributed by atoms with Gasteiger partial charge in [0.05, 0.1) is 10.8 Å². The minimum atomic E-state index is 0.735. The second-order valence-electron chi connectivity index (χ2n) is 3.94. The molecule has 0 radical (unpaired) electrons. The molecule has 3 rings (SSSR count). The van der Waals surface area contributed by atoms with Gasteiger partial charge in [0.25, 0.3) is 0 Å². The molecule has 0 amide bonds. The molecule has 0 bridgehead atoms. The van der Waals surface area contributed by atoms with Gasteiger partial charge in [-0.2, -0.15) is 4.73 Å². The number of aryl methyl sites for hydroxylation is 1. The summed E-state index contributed by atoms with van der Waals surface area (Å²) in [4.78, 5) is 0. The molecular formula is C14H11NO. The normalized spacial score (nSPS) is 11.1. The van der Waals surface area contributed by atoms with Crippen LogP contribution >= 0.6 is 0 Å². The van der Waals surface area contributed by atoms with Crippen LogP contribution in [0, 0.1) is 12.1 Å². The quantitative estimate of drug-likeness (QED) is 0.317. The first-order chi connectivity index (χ1) is 7.79. The lowest BCUT2D eigenvalue weighted by Gasteiger charge is -2.08. The third-order valence-corrected chi connectivity index (χ3v) is 3.03. The molecule has 0 aliphatic heterocycles. The van der Waals surface area contributed by atoms with Crippen LogP contribution in [0.25, 0.3) is 21.7 Å². The molecule has 1 aromatic heterocycles. The zero-order chi connectivity index (χ0) is 11.1. The van der Waals surface area contributed by atoms with Crippen molar-refractivity contribution in [1.82, 2.24) is 0 Å². The summed E-state index contributed by atoms with van der Waals surface area (Å²) in [6, 6.07) is 15.7. The van der Waals surface area contributed by atoms with E-state index in [9.17, 15) is 5.21 Å². The molecule has 1 heterocycles. The monoisotopic (exact) mass is 209 g/mol. The topological polar surface area (TPSA) is 26.9 Å². The van der Waals surface area contributed by atoms with Crippen LogP contribution in [0.15, 0.2) is 48.5 Å². The Balaban J connectivity index is 2.69. The number of benzene rings is 2. The van der Waals surface area contributed by atoms with Gasteiger partial charge in [-0.15, -0.1) is 0 Å². The summed E-state index contributed by atoms with van der Waals surface area (Å²) in [7, 11) is 0. The molecular weight excluding hydrogens is 198 g/mol. The fraction of sp³-hybridized carbons (Fsp3) is 0.0714. The average molecular weight is 209 g/mol. The summed E-state index contributed by atoms with van der Waals surface area (Å²) in [5, 5.41) is 15.2. The lowest BCUT2D eigenvalue weighted by Crippen LogP contribution is -2.31. The summed E-state index contributed by atoms with van der Waals surface area (Å²) >= 11 is 0. The molecule has 0 fully saturated rings. The standard InChI is InChI=1S/C14H11NO/c1-10-11-6-2-3-7-12(11)13-8-4-5-9-14(13)15(10)16/h2-9H,1H3. The van der Waals surface area contributed by atoms with Crippen molar-refractivity contribution in [3.63, 3.8) is 0 Å². The van der Waals surface area contributed by atoms with E-state index in [-0.39, 0.29) is 0 Å². The van der Waals surface area contributed by atoms with Crippen LogP contribution in [-0.2, 0) is 0 Å². The van der Waals surface area contributed by atoms with Crippen molar-refractivity contribution in [1.29, 1.82) is 0 Å². The first-order valence-corrected chi connectivity index (χ1v) is 5.28. The van der Waals surface area contributed by atoms with Gasteiger partial charge < -0.3 is 5.21 Å². The number of hydrogen-bond donors (Lipinski definition) is 0. The molecule has 78 valence electrons. The minimum absolute atomic E-state index is 0.735. The number of aromatic nitrogens is 1. The van der Waals surface area contributed by atoms with Gasteiger partial charge in [-0.05, 0) is 12.1 Å². The molecule has 0 aliphatic rings. The zero-order valence-corrected chi connectivity index (χ0v) is 8.97.